The molecule has 1 N–H and O–H groups in total. The maximum atomic E-state index is 12.9. The van der Waals surface area contributed by atoms with Gasteiger partial charge in [-0.1, -0.05) is 12.1 Å². The van der Waals surface area contributed by atoms with E-state index in [-0.39, 0.29) is 11.9 Å². The molecular formula is C15H18FN3O. The first kappa shape index (κ1) is 14.2. The molecule has 1 atom stereocenters. The lowest BCUT2D eigenvalue weighted by Crippen LogP contribution is -2.19. The number of hydrogen-bond acceptors (Lipinski definition) is 4. The minimum atomic E-state index is -0.217. The molecule has 0 aliphatic carbocycles. The van der Waals surface area contributed by atoms with E-state index in [9.17, 15) is 4.39 Å². The summed E-state index contributed by atoms with van der Waals surface area (Å²) >= 11 is 0. The molecule has 1 unspecified atom stereocenters. The Bertz CT molecular complexity index is 572. The van der Waals surface area contributed by atoms with Crippen LogP contribution >= 0.6 is 0 Å². The summed E-state index contributed by atoms with van der Waals surface area (Å²) in [4.78, 5) is 8.45. The molecule has 0 saturated carbocycles. The van der Waals surface area contributed by atoms with Crippen molar-refractivity contribution in [3.05, 3.63) is 47.5 Å². The molecule has 4 nitrogen and oxygen atoms in total. The van der Waals surface area contributed by atoms with E-state index in [0.29, 0.717) is 11.7 Å². The Morgan fingerprint density at radius 2 is 1.95 bits per heavy atom. The van der Waals surface area contributed by atoms with Gasteiger partial charge in [0.15, 0.2) is 0 Å². The van der Waals surface area contributed by atoms with E-state index in [1.165, 1.54) is 12.1 Å². The Morgan fingerprint density at radius 3 is 2.60 bits per heavy atom. The molecule has 0 spiro atoms. The molecule has 0 radical (unpaired) electrons. The van der Waals surface area contributed by atoms with Crippen LogP contribution < -0.4 is 10.1 Å². The van der Waals surface area contributed by atoms with Gasteiger partial charge in [-0.3, -0.25) is 0 Å². The number of nitrogens with one attached hydrogen (secondary N) is 1. The highest BCUT2D eigenvalue weighted by molar-refractivity contribution is 5.39. The molecule has 1 heterocycles. The molecule has 106 valence electrons. The predicted molar refractivity (Wildman–Crippen MR) is 76.5 cm³/mol. The fourth-order valence-electron chi connectivity index (χ4n) is 2.00. The first-order valence-corrected chi connectivity index (χ1v) is 6.47. The summed E-state index contributed by atoms with van der Waals surface area (Å²) in [7, 11) is 1.58. The maximum Gasteiger partial charge on any atom is 0.218 e. The van der Waals surface area contributed by atoms with Gasteiger partial charge in [-0.05, 0) is 38.0 Å². The van der Waals surface area contributed by atoms with Crippen molar-refractivity contribution < 1.29 is 9.13 Å². The van der Waals surface area contributed by atoms with E-state index in [0.717, 1.165) is 17.8 Å². The van der Waals surface area contributed by atoms with Crippen molar-refractivity contribution in [1.82, 2.24) is 9.97 Å². The van der Waals surface area contributed by atoms with Crippen LogP contribution in [0.25, 0.3) is 0 Å². The highest BCUT2D eigenvalue weighted by atomic mass is 19.1. The molecule has 0 bridgehead atoms. The summed E-state index contributed by atoms with van der Waals surface area (Å²) in [5.41, 5.74) is 1.07. The Hall–Kier alpha value is -2.17. The minimum absolute atomic E-state index is 0.166. The largest absolute Gasteiger partial charge is 0.481 e. The molecule has 20 heavy (non-hydrogen) atoms. The lowest BCUT2D eigenvalue weighted by molar-refractivity contribution is 0.396. The topological polar surface area (TPSA) is 47.0 Å². The molecule has 1 aromatic carbocycles. The molecule has 1 aromatic heterocycles. The monoisotopic (exact) mass is 275 g/mol. The lowest BCUT2D eigenvalue weighted by atomic mass is 10.1. The number of methoxy groups -OCH3 is 1. The van der Waals surface area contributed by atoms with Gasteiger partial charge >= 0.3 is 0 Å². The number of nitrogens with zero attached hydrogens (tertiary/aromatic N) is 2. The average molecular weight is 275 g/mol. The summed E-state index contributed by atoms with van der Waals surface area (Å²) in [6.45, 7) is 3.87. The molecule has 2 rings (SSSR count). The first-order chi connectivity index (χ1) is 9.56. The molecule has 0 saturated heterocycles. The van der Waals surface area contributed by atoms with E-state index < -0.39 is 0 Å². The molecule has 0 amide bonds. The zero-order valence-corrected chi connectivity index (χ0v) is 11.9. The Balaban J connectivity index is 2.02. The van der Waals surface area contributed by atoms with Gasteiger partial charge in [0.1, 0.15) is 17.5 Å². The van der Waals surface area contributed by atoms with Gasteiger partial charge in [-0.25, -0.2) is 9.37 Å². The number of aromatic nitrogens is 2. The molecule has 0 aliphatic heterocycles. The van der Waals surface area contributed by atoms with Gasteiger partial charge in [0.25, 0.3) is 0 Å². The van der Waals surface area contributed by atoms with Gasteiger partial charge in [0, 0.05) is 12.1 Å². The quantitative estimate of drug-likeness (QED) is 0.911. The van der Waals surface area contributed by atoms with E-state index in [4.69, 9.17) is 4.74 Å². The van der Waals surface area contributed by atoms with E-state index >= 15 is 0 Å². The Morgan fingerprint density at radius 1 is 1.25 bits per heavy atom. The van der Waals surface area contributed by atoms with E-state index in [2.05, 4.69) is 15.3 Å². The maximum absolute atomic E-state index is 12.9. The molecule has 2 aromatic rings. The number of aryl methyl sites for hydroxylation is 1. The third-order valence-electron chi connectivity index (χ3n) is 2.87. The van der Waals surface area contributed by atoms with Gasteiger partial charge in [-0.2, -0.15) is 4.98 Å². The lowest BCUT2D eigenvalue weighted by Gasteiger charge is -2.15. The van der Waals surface area contributed by atoms with Gasteiger partial charge < -0.3 is 10.1 Å². The smallest absolute Gasteiger partial charge is 0.218 e. The number of halogens is 1. The molecule has 5 heteroatoms. The second-order valence-electron chi connectivity index (χ2n) is 4.72. The third-order valence-corrected chi connectivity index (χ3v) is 2.87. The highest BCUT2D eigenvalue weighted by Crippen LogP contribution is 2.15. The fraction of sp³-hybridized carbons (Fsp3) is 0.333. The second-order valence-corrected chi connectivity index (χ2v) is 4.72. The van der Waals surface area contributed by atoms with Crippen LogP contribution in [0.3, 0.4) is 0 Å². The third kappa shape index (κ3) is 3.91. The van der Waals surface area contributed by atoms with Crippen LogP contribution in [0, 0.1) is 12.7 Å². The molecule has 0 fully saturated rings. The van der Waals surface area contributed by atoms with Crippen LogP contribution in [0.1, 0.15) is 18.3 Å². The zero-order valence-electron chi connectivity index (χ0n) is 11.9. The van der Waals surface area contributed by atoms with Crippen LogP contribution in [0.4, 0.5) is 10.2 Å². The normalized spacial score (nSPS) is 12.0. The standard InChI is InChI=1S/C15H18FN3O/c1-10(8-12-4-6-13(16)7-5-12)17-14-9-15(20-3)19-11(2)18-14/h4-7,9-10H,8H2,1-3H3,(H,17,18,19). The fourth-order valence-corrected chi connectivity index (χ4v) is 2.00. The summed E-state index contributed by atoms with van der Waals surface area (Å²) in [5, 5.41) is 3.30. The van der Waals surface area contributed by atoms with Crippen LogP contribution in [-0.2, 0) is 6.42 Å². The second kappa shape index (κ2) is 6.32. The van der Waals surface area contributed by atoms with Crippen molar-refractivity contribution in [3.63, 3.8) is 0 Å². The van der Waals surface area contributed by atoms with Crippen LogP contribution in [-0.4, -0.2) is 23.1 Å². The van der Waals surface area contributed by atoms with Crippen molar-refractivity contribution in [1.29, 1.82) is 0 Å². The first-order valence-electron chi connectivity index (χ1n) is 6.47. The van der Waals surface area contributed by atoms with Crippen LogP contribution in [0.2, 0.25) is 0 Å². The van der Waals surface area contributed by atoms with Crippen molar-refractivity contribution in [3.8, 4) is 5.88 Å². The number of benzene rings is 1. The summed E-state index contributed by atoms with van der Waals surface area (Å²) < 4.78 is 18.0. The van der Waals surface area contributed by atoms with Gasteiger partial charge in [0.05, 0.1) is 7.11 Å². The number of ether oxygens (including phenoxy) is 1. The SMILES string of the molecule is COc1cc(NC(C)Cc2ccc(F)cc2)nc(C)n1. The number of anilines is 1. The van der Waals surface area contributed by atoms with Crippen molar-refractivity contribution in [2.45, 2.75) is 26.3 Å². The summed E-state index contributed by atoms with van der Waals surface area (Å²) in [5.74, 6) is 1.70. The zero-order chi connectivity index (χ0) is 14.5. The average Bonchev–Trinajstić information content (AvgIpc) is 2.40. The van der Waals surface area contributed by atoms with Crippen molar-refractivity contribution in [2.75, 3.05) is 12.4 Å². The van der Waals surface area contributed by atoms with Crippen molar-refractivity contribution >= 4 is 5.82 Å². The summed E-state index contributed by atoms with van der Waals surface area (Å²) in [6.07, 6.45) is 0.783. The number of hydrogen-bond donors (Lipinski definition) is 1. The molecule has 0 aliphatic rings. The molecular weight excluding hydrogens is 257 g/mol. The van der Waals surface area contributed by atoms with Crippen LogP contribution in [0.15, 0.2) is 30.3 Å². The van der Waals surface area contributed by atoms with E-state index in [1.807, 2.05) is 13.8 Å². The van der Waals surface area contributed by atoms with Crippen LogP contribution in [0.5, 0.6) is 5.88 Å². The Labute approximate surface area is 118 Å². The minimum Gasteiger partial charge on any atom is -0.481 e. The summed E-state index contributed by atoms with van der Waals surface area (Å²) in [6, 6.07) is 8.45. The predicted octanol–water partition coefficient (Wildman–Crippen LogP) is 2.98. The Kier molecular flexibility index (Phi) is 4.50. The van der Waals surface area contributed by atoms with Gasteiger partial charge in [0.2, 0.25) is 5.88 Å². The van der Waals surface area contributed by atoms with Gasteiger partial charge in [-0.15, -0.1) is 0 Å². The van der Waals surface area contributed by atoms with Crippen molar-refractivity contribution in [2.24, 2.45) is 0 Å². The van der Waals surface area contributed by atoms with E-state index in [1.54, 1.807) is 25.3 Å². The number of rotatable bonds is 5. The highest BCUT2D eigenvalue weighted by Gasteiger charge is 2.07.